The lowest BCUT2D eigenvalue weighted by molar-refractivity contribution is 0.0274. The summed E-state index contributed by atoms with van der Waals surface area (Å²) >= 11 is 1.53. The molecule has 8 heteroatoms. The Hall–Kier alpha value is -1.38. The quantitative estimate of drug-likeness (QED) is 0.761. The standard InChI is InChI=1S/C11H15N5O2S/c17-11-15-10(14-9-1-3-13-16(9)11)19-6-2-8-7-12-4-5-18-8/h1,3,8,12H,2,4-7H2,(H,14,15,17). The van der Waals surface area contributed by atoms with E-state index in [0.29, 0.717) is 10.8 Å². The van der Waals surface area contributed by atoms with Crippen LogP contribution in [0.4, 0.5) is 0 Å². The summed E-state index contributed by atoms with van der Waals surface area (Å²) in [5.74, 6) is 0.861. The van der Waals surface area contributed by atoms with Crippen molar-refractivity contribution >= 4 is 17.4 Å². The Morgan fingerprint density at radius 1 is 1.58 bits per heavy atom. The highest BCUT2D eigenvalue weighted by Crippen LogP contribution is 2.15. The molecule has 1 aliphatic rings. The van der Waals surface area contributed by atoms with Crippen molar-refractivity contribution in [2.45, 2.75) is 17.7 Å². The van der Waals surface area contributed by atoms with Gasteiger partial charge in [0, 0.05) is 24.9 Å². The van der Waals surface area contributed by atoms with Crippen molar-refractivity contribution in [2.75, 3.05) is 25.4 Å². The molecule has 0 spiro atoms. The summed E-state index contributed by atoms with van der Waals surface area (Å²) < 4.78 is 6.86. The third kappa shape index (κ3) is 2.96. The maximum Gasteiger partial charge on any atom is 0.350 e. The molecule has 1 fully saturated rings. The summed E-state index contributed by atoms with van der Waals surface area (Å²) in [6.45, 7) is 2.59. The molecular weight excluding hydrogens is 266 g/mol. The summed E-state index contributed by atoms with van der Waals surface area (Å²) in [6, 6.07) is 1.72. The van der Waals surface area contributed by atoms with Gasteiger partial charge in [-0.3, -0.25) is 4.98 Å². The molecule has 2 aromatic rings. The number of aromatic nitrogens is 4. The molecule has 0 amide bonds. The normalized spacial score (nSPS) is 19.9. The van der Waals surface area contributed by atoms with E-state index >= 15 is 0 Å². The first-order valence-electron chi connectivity index (χ1n) is 6.22. The zero-order valence-electron chi connectivity index (χ0n) is 10.3. The highest BCUT2D eigenvalue weighted by molar-refractivity contribution is 7.99. The second kappa shape index (κ2) is 5.72. The molecule has 19 heavy (non-hydrogen) atoms. The van der Waals surface area contributed by atoms with Gasteiger partial charge in [-0.05, 0) is 6.42 Å². The first-order chi connectivity index (χ1) is 9.33. The fraction of sp³-hybridized carbons (Fsp3) is 0.545. The molecule has 3 heterocycles. The molecule has 0 aliphatic carbocycles. The molecule has 3 rings (SSSR count). The van der Waals surface area contributed by atoms with Gasteiger partial charge >= 0.3 is 5.69 Å². The van der Waals surface area contributed by atoms with E-state index in [4.69, 9.17) is 4.74 Å². The fourth-order valence-corrected chi connectivity index (χ4v) is 2.87. The van der Waals surface area contributed by atoms with Crippen LogP contribution in [0.3, 0.4) is 0 Å². The number of aromatic amines is 1. The largest absolute Gasteiger partial charge is 0.376 e. The van der Waals surface area contributed by atoms with Gasteiger partial charge in [-0.2, -0.15) is 9.61 Å². The number of rotatable bonds is 4. The number of fused-ring (bicyclic) bond motifs is 1. The Balaban J connectivity index is 1.60. The number of morpholine rings is 1. The van der Waals surface area contributed by atoms with Gasteiger partial charge in [-0.15, -0.1) is 0 Å². The first-order valence-corrected chi connectivity index (χ1v) is 7.21. The smallest absolute Gasteiger partial charge is 0.350 e. The number of thioether (sulfide) groups is 1. The van der Waals surface area contributed by atoms with E-state index < -0.39 is 0 Å². The van der Waals surface area contributed by atoms with E-state index in [1.54, 1.807) is 12.3 Å². The predicted octanol–water partition coefficient (Wildman–Crippen LogP) is -0.112. The lowest BCUT2D eigenvalue weighted by atomic mass is 10.2. The second-order valence-corrected chi connectivity index (χ2v) is 5.37. The number of hydrogen-bond donors (Lipinski definition) is 2. The van der Waals surface area contributed by atoms with Crippen molar-refractivity contribution in [3.63, 3.8) is 0 Å². The van der Waals surface area contributed by atoms with Gasteiger partial charge in [-0.1, -0.05) is 11.8 Å². The van der Waals surface area contributed by atoms with E-state index in [9.17, 15) is 4.79 Å². The van der Waals surface area contributed by atoms with Crippen LogP contribution < -0.4 is 11.0 Å². The summed E-state index contributed by atoms with van der Waals surface area (Å²) in [5.41, 5.74) is 0.315. The molecule has 1 atom stereocenters. The molecule has 1 aliphatic heterocycles. The zero-order valence-corrected chi connectivity index (χ0v) is 11.2. The third-order valence-electron chi connectivity index (χ3n) is 2.93. The molecule has 0 aromatic carbocycles. The lowest BCUT2D eigenvalue weighted by Crippen LogP contribution is -2.38. The summed E-state index contributed by atoms with van der Waals surface area (Å²) in [4.78, 5) is 18.7. The number of nitrogens with one attached hydrogen (secondary N) is 2. The molecule has 1 saturated heterocycles. The van der Waals surface area contributed by atoms with Crippen molar-refractivity contribution in [1.82, 2.24) is 24.9 Å². The van der Waals surface area contributed by atoms with Crippen LogP contribution in [0.2, 0.25) is 0 Å². The van der Waals surface area contributed by atoms with E-state index in [1.165, 1.54) is 16.3 Å². The van der Waals surface area contributed by atoms with Gasteiger partial charge in [0.15, 0.2) is 10.8 Å². The summed E-state index contributed by atoms with van der Waals surface area (Å²) in [5, 5.41) is 7.81. The van der Waals surface area contributed by atoms with Gasteiger partial charge in [-0.25, -0.2) is 9.78 Å². The SMILES string of the molecule is O=c1[nH]c(SCCC2CNCCO2)nc2ccnn12. The predicted molar refractivity (Wildman–Crippen MR) is 71.6 cm³/mol. The fourth-order valence-electron chi connectivity index (χ4n) is 1.97. The van der Waals surface area contributed by atoms with Crippen molar-refractivity contribution < 1.29 is 4.74 Å². The highest BCUT2D eigenvalue weighted by Gasteiger charge is 2.13. The minimum absolute atomic E-state index is 0.256. The highest BCUT2D eigenvalue weighted by atomic mass is 32.2. The minimum atomic E-state index is -0.256. The zero-order chi connectivity index (χ0) is 13.1. The van der Waals surface area contributed by atoms with Crippen LogP contribution >= 0.6 is 11.8 Å². The van der Waals surface area contributed by atoms with Crippen molar-refractivity contribution in [3.05, 3.63) is 22.7 Å². The van der Waals surface area contributed by atoms with E-state index in [2.05, 4.69) is 20.4 Å². The summed E-state index contributed by atoms with van der Waals surface area (Å²) in [6.07, 6.45) is 2.76. The van der Waals surface area contributed by atoms with Gasteiger partial charge < -0.3 is 10.1 Å². The van der Waals surface area contributed by atoms with Crippen LogP contribution in [0.5, 0.6) is 0 Å². The molecule has 2 aromatic heterocycles. The topological polar surface area (TPSA) is 84.3 Å². The van der Waals surface area contributed by atoms with Crippen LogP contribution in [0.25, 0.3) is 5.65 Å². The molecule has 1 unspecified atom stereocenters. The van der Waals surface area contributed by atoms with Crippen LogP contribution in [0, 0.1) is 0 Å². The maximum atomic E-state index is 11.7. The van der Waals surface area contributed by atoms with E-state index in [0.717, 1.165) is 31.9 Å². The van der Waals surface area contributed by atoms with Crippen LogP contribution in [0.1, 0.15) is 6.42 Å². The Kier molecular flexibility index (Phi) is 3.81. The Bertz CT molecular complexity index is 604. The van der Waals surface area contributed by atoms with Gasteiger partial charge in [0.25, 0.3) is 0 Å². The van der Waals surface area contributed by atoms with E-state index in [-0.39, 0.29) is 11.8 Å². The Morgan fingerprint density at radius 3 is 3.37 bits per heavy atom. The van der Waals surface area contributed by atoms with Gasteiger partial charge in [0.05, 0.1) is 18.9 Å². The third-order valence-corrected chi connectivity index (χ3v) is 3.83. The van der Waals surface area contributed by atoms with Crippen molar-refractivity contribution in [2.24, 2.45) is 0 Å². The number of H-pyrrole nitrogens is 1. The molecular formula is C11H15N5O2S. The average Bonchev–Trinajstić information content (AvgIpc) is 2.89. The average molecular weight is 281 g/mol. The van der Waals surface area contributed by atoms with Gasteiger partial charge in [0.1, 0.15) is 0 Å². The Morgan fingerprint density at radius 2 is 2.53 bits per heavy atom. The van der Waals surface area contributed by atoms with Gasteiger partial charge in [0.2, 0.25) is 0 Å². The van der Waals surface area contributed by atoms with E-state index in [1.807, 2.05) is 0 Å². The van der Waals surface area contributed by atoms with Crippen molar-refractivity contribution in [3.8, 4) is 0 Å². The lowest BCUT2D eigenvalue weighted by Gasteiger charge is -2.23. The summed E-state index contributed by atoms with van der Waals surface area (Å²) in [7, 11) is 0. The molecule has 0 radical (unpaired) electrons. The minimum Gasteiger partial charge on any atom is -0.376 e. The molecule has 2 N–H and O–H groups in total. The van der Waals surface area contributed by atoms with Crippen LogP contribution in [0.15, 0.2) is 22.2 Å². The first kappa shape index (κ1) is 12.6. The molecule has 0 saturated carbocycles. The molecule has 0 bridgehead atoms. The number of nitrogens with zero attached hydrogens (tertiary/aromatic N) is 3. The second-order valence-electron chi connectivity index (χ2n) is 4.28. The maximum absolute atomic E-state index is 11.7. The number of ether oxygens (including phenoxy) is 1. The van der Waals surface area contributed by atoms with Crippen LogP contribution in [-0.2, 0) is 4.74 Å². The Labute approximate surface area is 113 Å². The van der Waals surface area contributed by atoms with Crippen LogP contribution in [-0.4, -0.2) is 51.1 Å². The molecule has 102 valence electrons. The monoisotopic (exact) mass is 281 g/mol. The molecule has 7 nitrogen and oxygen atoms in total. The number of hydrogen-bond acceptors (Lipinski definition) is 6. The van der Waals surface area contributed by atoms with Crippen molar-refractivity contribution in [1.29, 1.82) is 0 Å².